The van der Waals surface area contributed by atoms with Crippen molar-refractivity contribution in [1.82, 2.24) is 9.97 Å². The molecule has 4 nitrogen and oxygen atoms in total. The number of rotatable bonds is 9. The summed E-state index contributed by atoms with van der Waals surface area (Å²) in [7, 11) is 1.94. The largest absolute Gasteiger partial charge is 0.373 e. The SMILES string of the molecule is CCCCN(c1nc(CCC)nc(NC)c1C)C(C)CC. The fourth-order valence-electron chi connectivity index (χ4n) is 2.49. The maximum absolute atomic E-state index is 4.87. The molecule has 1 rings (SSSR count). The predicted molar refractivity (Wildman–Crippen MR) is 92.3 cm³/mol. The summed E-state index contributed by atoms with van der Waals surface area (Å²) < 4.78 is 0. The van der Waals surface area contributed by atoms with E-state index in [4.69, 9.17) is 4.98 Å². The summed E-state index contributed by atoms with van der Waals surface area (Å²) in [6.07, 6.45) is 5.54. The molecule has 1 atom stereocenters. The van der Waals surface area contributed by atoms with Crippen molar-refractivity contribution in [3.8, 4) is 0 Å². The zero-order valence-corrected chi connectivity index (χ0v) is 14.7. The van der Waals surface area contributed by atoms with E-state index >= 15 is 0 Å². The van der Waals surface area contributed by atoms with Gasteiger partial charge in [-0.3, -0.25) is 0 Å². The molecule has 21 heavy (non-hydrogen) atoms. The molecule has 1 aromatic rings. The summed E-state index contributed by atoms with van der Waals surface area (Å²) in [4.78, 5) is 12.0. The second kappa shape index (κ2) is 8.85. The van der Waals surface area contributed by atoms with Crippen LogP contribution < -0.4 is 10.2 Å². The smallest absolute Gasteiger partial charge is 0.137 e. The van der Waals surface area contributed by atoms with Crippen molar-refractivity contribution < 1.29 is 0 Å². The van der Waals surface area contributed by atoms with Gasteiger partial charge < -0.3 is 10.2 Å². The zero-order valence-electron chi connectivity index (χ0n) is 14.7. The molecule has 0 aliphatic rings. The van der Waals surface area contributed by atoms with Gasteiger partial charge in [0.15, 0.2) is 0 Å². The Morgan fingerprint density at radius 1 is 1.14 bits per heavy atom. The van der Waals surface area contributed by atoms with Crippen molar-refractivity contribution in [1.29, 1.82) is 0 Å². The van der Waals surface area contributed by atoms with Crippen LogP contribution in [0.2, 0.25) is 0 Å². The van der Waals surface area contributed by atoms with E-state index in [2.05, 4.69) is 49.8 Å². The molecule has 0 amide bonds. The number of nitrogens with zero attached hydrogens (tertiary/aromatic N) is 3. The van der Waals surface area contributed by atoms with E-state index < -0.39 is 0 Å². The number of nitrogens with one attached hydrogen (secondary N) is 1. The first-order valence-corrected chi connectivity index (χ1v) is 8.40. The highest BCUT2D eigenvalue weighted by Crippen LogP contribution is 2.26. The van der Waals surface area contributed by atoms with Crippen molar-refractivity contribution in [2.45, 2.75) is 72.8 Å². The summed E-state index contributed by atoms with van der Waals surface area (Å²) in [5.74, 6) is 3.03. The lowest BCUT2D eigenvalue weighted by Gasteiger charge is -2.31. The molecule has 1 heterocycles. The molecule has 120 valence electrons. The van der Waals surface area contributed by atoms with Gasteiger partial charge in [-0.1, -0.05) is 27.2 Å². The maximum atomic E-state index is 4.87. The molecule has 0 spiro atoms. The molecule has 4 heteroatoms. The number of aromatic nitrogens is 2. The topological polar surface area (TPSA) is 41.1 Å². The van der Waals surface area contributed by atoms with Gasteiger partial charge in [-0.15, -0.1) is 0 Å². The molecule has 0 aliphatic heterocycles. The van der Waals surface area contributed by atoms with Crippen LogP contribution in [0.5, 0.6) is 0 Å². The summed E-state index contributed by atoms with van der Waals surface area (Å²) in [6.45, 7) is 12.1. The maximum Gasteiger partial charge on any atom is 0.137 e. The van der Waals surface area contributed by atoms with Gasteiger partial charge in [0.05, 0.1) is 0 Å². The van der Waals surface area contributed by atoms with Crippen molar-refractivity contribution in [2.24, 2.45) is 0 Å². The van der Waals surface area contributed by atoms with E-state index in [-0.39, 0.29) is 0 Å². The Hall–Kier alpha value is -1.32. The molecular formula is C17H32N4. The quantitative estimate of drug-likeness (QED) is 0.741. The summed E-state index contributed by atoms with van der Waals surface area (Å²) in [5, 5.41) is 3.22. The van der Waals surface area contributed by atoms with Crippen molar-refractivity contribution in [2.75, 3.05) is 23.8 Å². The molecule has 0 radical (unpaired) electrons. The van der Waals surface area contributed by atoms with Crippen LogP contribution in [0, 0.1) is 6.92 Å². The van der Waals surface area contributed by atoms with Gasteiger partial charge in [-0.05, 0) is 33.1 Å². The number of anilines is 2. The number of hydrogen-bond acceptors (Lipinski definition) is 4. The molecule has 0 saturated heterocycles. The van der Waals surface area contributed by atoms with Crippen LogP contribution in [0.3, 0.4) is 0 Å². The zero-order chi connectivity index (χ0) is 15.8. The Bertz CT molecular complexity index is 431. The van der Waals surface area contributed by atoms with E-state index in [0.29, 0.717) is 6.04 Å². The fraction of sp³-hybridized carbons (Fsp3) is 0.765. The van der Waals surface area contributed by atoms with Crippen molar-refractivity contribution in [3.05, 3.63) is 11.4 Å². The Kier molecular flexibility index (Phi) is 7.48. The molecule has 1 N–H and O–H groups in total. The third kappa shape index (κ3) is 4.58. The molecule has 1 aromatic heterocycles. The van der Waals surface area contributed by atoms with Gasteiger partial charge in [-0.25, -0.2) is 9.97 Å². The Morgan fingerprint density at radius 3 is 2.38 bits per heavy atom. The van der Waals surface area contributed by atoms with E-state index in [1.54, 1.807) is 0 Å². The molecule has 0 aromatic carbocycles. The molecule has 0 saturated carbocycles. The van der Waals surface area contributed by atoms with E-state index in [1.807, 2.05) is 7.05 Å². The third-order valence-electron chi connectivity index (χ3n) is 4.02. The highest BCUT2D eigenvalue weighted by atomic mass is 15.2. The van der Waals surface area contributed by atoms with Crippen LogP contribution >= 0.6 is 0 Å². The monoisotopic (exact) mass is 292 g/mol. The molecule has 0 fully saturated rings. The standard InChI is InChI=1S/C17H32N4/c1-7-10-12-21(13(4)9-3)17-14(5)16(18-6)19-15(20-17)11-8-2/h13H,7-12H2,1-6H3,(H,18,19,20). The first-order valence-electron chi connectivity index (χ1n) is 8.40. The first kappa shape index (κ1) is 17.7. The first-order chi connectivity index (χ1) is 10.1. The summed E-state index contributed by atoms with van der Waals surface area (Å²) >= 11 is 0. The molecule has 0 bridgehead atoms. The number of aryl methyl sites for hydroxylation is 1. The lowest BCUT2D eigenvalue weighted by Crippen LogP contribution is -2.35. The van der Waals surface area contributed by atoms with Crippen LogP contribution in [0.25, 0.3) is 0 Å². The van der Waals surface area contributed by atoms with E-state index in [1.165, 1.54) is 12.8 Å². The molecule has 0 aliphatic carbocycles. The normalized spacial score (nSPS) is 12.3. The Balaban J connectivity index is 3.23. The Labute approximate surface area is 130 Å². The van der Waals surface area contributed by atoms with Gasteiger partial charge in [-0.2, -0.15) is 0 Å². The minimum Gasteiger partial charge on any atom is -0.373 e. The molecular weight excluding hydrogens is 260 g/mol. The highest BCUT2D eigenvalue weighted by Gasteiger charge is 2.19. The van der Waals surface area contributed by atoms with Gasteiger partial charge in [0.1, 0.15) is 17.5 Å². The van der Waals surface area contributed by atoms with Crippen molar-refractivity contribution in [3.63, 3.8) is 0 Å². The highest BCUT2D eigenvalue weighted by molar-refractivity contribution is 5.59. The molecule has 1 unspecified atom stereocenters. The summed E-state index contributed by atoms with van der Waals surface area (Å²) in [5.41, 5.74) is 1.16. The van der Waals surface area contributed by atoms with Gasteiger partial charge in [0.25, 0.3) is 0 Å². The predicted octanol–water partition coefficient (Wildman–Crippen LogP) is 4.18. The van der Waals surface area contributed by atoms with E-state index in [9.17, 15) is 0 Å². The van der Waals surface area contributed by atoms with Crippen LogP contribution in [-0.2, 0) is 6.42 Å². The average molecular weight is 292 g/mol. The second-order valence-electron chi connectivity index (χ2n) is 5.74. The van der Waals surface area contributed by atoms with Crippen LogP contribution in [0.1, 0.15) is 64.8 Å². The lowest BCUT2D eigenvalue weighted by molar-refractivity contribution is 0.586. The van der Waals surface area contributed by atoms with E-state index in [0.717, 1.165) is 48.8 Å². The van der Waals surface area contributed by atoms with Crippen LogP contribution in [0.4, 0.5) is 11.6 Å². The average Bonchev–Trinajstić information content (AvgIpc) is 2.49. The number of hydrogen-bond donors (Lipinski definition) is 1. The fourth-order valence-corrected chi connectivity index (χ4v) is 2.49. The van der Waals surface area contributed by atoms with Gasteiger partial charge in [0.2, 0.25) is 0 Å². The van der Waals surface area contributed by atoms with Crippen molar-refractivity contribution >= 4 is 11.6 Å². The Morgan fingerprint density at radius 2 is 1.86 bits per heavy atom. The summed E-state index contributed by atoms with van der Waals surface area (Å²) in [6, 6.07) is 0.504. The van der Waals surface area contributed by atoms with Crippen LogP contribution in [-0.4, -0.2) is 29.6 Å². The second-order valence-corrected chi connectivity index (χ2v) is 5.74. The minimum atomic E-state index is 0.504. The lowest BCUT2D eigenvalue weighted by atomic mass is 10.1. The van der Waals surface area contributed by atoms with Gasteiger partial charge in [0, 0.05) is 31.6 Å². The van der Waals surface area contributed by atoms with Crippen LogP contribution in [0.15, 0.2) is 0 Å². The minimum absolute atomic E-state index is 0.504. The number of unbranched alkanes of at least 4 members (excludes halogenated alkanes) is 1. The third-order valence-corrected chi connectivity index (χ3v) is 4.02. The van der Waals surface area contributed by atoms with Gasteiger partial charge >= 0.3 is 0 Å².